The van der Waals surface area contributed by atoms with Crippen LogP contribution in [0.25, 0.3) is 0 Å². The predicted molar refractivity (Wildman–Crippen MR) is 78.1 cm³/mol. The van der Waals surface area contributed by atoms with Crippen LogP contribution in [0.2, 0.25) is 0 Å². The monoisotopic (exact) mass is 280 g/mol. The topological polar surface area (TPSA) is 44.8 Å². The second kappa shape index (κ2) is 7.17. The van der Waals surface area contributed by atoms with Crippen LogP contribution in [0.3, 0.4) is 0 Å². The van der Waals surface area contributed by atoms with Crippen molar-refractivity contribution in [3.63, 3.8) is 0 Å². The lowest BCUT2D eigenvalue weighted by molar-refractivity contribution is -0.158. The van der Waals surface area contributed by atoms with E-state index in [0.29, 0.717) is 13.0 Å². The summed E-state index contributed by atoms with van der Waals surface area (Å²) in [5.41, 5.74) is -0.545. The van der Waals surface area contributed by atoms with E-state index < -0.39 is 5.41 Å². The minimum atomic E-state index is -0.545. The van der Waals surface area contributed by atoms with Gasteiger partial charge in [-0.1, -0.05) is 0 Å². The number of ether oxygens (including phenoxy) is 3. The van der Waals surface area contributed by atoms with E-state index in [0.717, 1.165) is 11.5 Å². The Balaban J connectivity index is 2.43. The molecule has 0 spiro atoms. The smallest absolute Gasteiger partial charge is 0.311 e. The van der Waals surface area contributed by atoms with Crippen LogP contribution in [0, 0.1) is 5.41 Å². The van der Waals surface area contributed by atoms with Crippen LogP contribution in [0.15, 0.2) is 24.3 Å². The zero-order valence-corrected chi connectivity index (χ0v) is 12.9. The number of carbonyl (C=O) groups excluding carboxylic acids is 1. The molecule has 0 aliphatic rings. The highest BCUT2D eigenvalue weighted by Crippen LogP contribution is 2.24. The van der Waals surface area contributed by atoms with Crippen molar-refractivity contribution in [3.8, 4) is 11.5 Å². The van der Waals surface area contributed by atoms with E-state index in [2.05, 4.69) is 0 Å². The molecule has 0 unspecified atom stereocenters. The molecule has 112 valence electrons. The molecule has 0 fully saturated rings. The van der Waals surface area contributed by atoms with Crippen LogP contribution in [0.1, 0.15) is 34.1 Å². The predicted octanol–water partition coefficient (Wildman–Crippen LogP) is 3.44. The summed E-state index contributed by atoms with van der Waals surface area (Å²) >= 11 is 0. The second-order valence-corrected chi connectivity index (χ2v) is 5.61. The van der Waals surface area contributed by atoms with E-state index in [1.165, 1.54) is 0 Å². The molecule has 1 aromatic carbocycles. The van der Waals surface area contributed by atoms with E-state index in [4.69, 9.17) is 14.2 Å². The van der Waals surface area contributed by atoms with Gasteiger partial charge in [0.1, 0.15) is 11.5 Å². The molecule has 4 nitrogen and oxygen atoms in total. The summed E-state index contributed by atoms with van der Waals surface area (Å²) in [5.74, 6) is 1.36. The van der Waals surface area contributed by atoms with Gasteiger partial charge in [0.15, 0.2) is 0 Å². The Kier molecular flexibility index (Phi) is 5.86. The molecule has 0 radical (unpaired) electrons. The van der Waals surface area contributed by atoms with E-state index in [-0.39, 0.29) is 12.1 Å². The summed E-state index contributed by atoms with van der Waals surface area (Å²) < 4.78 is 15.9. The molecule has 0 N–H and O–H groups in total. The Morgan fingerprint density at radius 3 is 2.20 bits per heavy atom. The van der Waals surface area contributed by atoms with Gasteiger partial charge in [-0.3, -0.25) is 4.79 Å². The van der Waals surface area contributed by atoms with Crippen LogP contribution >= 0.6 is 0 Å². The second-order valence-electron chi connectivity index (χ2n) is 5.61. The molecule has 0 aliphatic carbocycles. The van der Waals surface area contributed by atoms with Crippen molar-refractivity contribution in [2.24, 2.45) is 5.41 Å². The third-order valence-corrected chi connectivity index (χ3v) is 2.95. The van der Waals surface area contributed by atoms with Crippen molar-refractivity contribution >= 4 is 5.97 Å². The maximum atomic E-state index is 11.9. The highest BCUT2D eigenvalue weighted by Gasteiger charge is 2.29. The Labute approximate surface area is 121 Å². The van der Waals surface area contributed by atoms with E-state index in [1.807, 2.05) is 52.0 Å². The van der Waals surface area contributed by atoms with Gasteiger partial charge in [-0.25, -0.2) is 0 Å². The van der Waals surface area contributed by atoms with Crippen molar-refractivity contribution in [2.75, 3.05) is 13.7 Å². The molecule has 0 aliphatic heterocycles. The van der Waals surface area contributed by atoms with Gasteiger partial charge in [-0.15, -0.1) is 0 Å². The van der Waals surface area contributed by atoms with Gasteiger partial charge in [0.05, 0.1) is 25.2 Å². The number of methoxy groups -OCH3 is 1. The van der Waals surface area contributed by atoms with Crippen LogP contribution < -0.4 is 9.47 Å². The molecule has 0 saturated heterocycles. The molecule has 0 bridgehead atoms. The average molecular weight is 280 g/mol. The first kappa shape index (κ1) is 16.3. The molecular weight excluding hydrogens is 256 g/mol. The average Bonchev–Trinajstić information content (AvgIpc) is 2.38. The molecule has 1 aromatic rings. The van der Waals surface area contributed by atoms with Gasteiger partial charge in [0, 0.05) is 0 Å². The van der Waals surface area contributed by atoms with Crippen molar-refractivity contribution < 1.29 is 19.0 Å². The molecule has 0 atom stereocenters. The quantitative estimate of drug-likeness (QED) is 0.718. The van der Waals surface area contributed by atoms with Gasteiger partial charge in [0.2, 0.25) is 0 Å². The number of hydrogen-bond donors (Lipinski definition) is 0. The molecule has 4 heteroatoms. The minimum Gasteiger partial charge on any atom is -0.497 e. The summed E-state index contributed by atoms with van der Waals surface area (Å²) in [4.78, 5) is 11.9. The fourth-order valence-corrected chi connectivity index (χ4v) is 1.57. The summed E-state index contributed by atoms with van der Waals surface area (Å²) in [5, 5.41) is 0. The summed E-state index contributed by atoms with van der Waals surface area (Å²) in [6.45, 7) is 7.90. The fraction of sp³-hybridized carbons (Fsp3) is 0.562. The SMILES string of the molecule is COc1ccc(OCCC(C)(C)C(=O)OC(C)C)cc1. The standard InChI is InChI=1S/C16H24O4/c1-12(2)20-15(17)16(3,4)10-11-19-14-8-6-13(18-5)7-9-14/h6-9,12H,10-11H2,1-5H3. The zero-order chi connectivity index (χ0) is 15.2. The lowest BCUT2D eigenvalue weighted by Gasteiger charge is -2.23. The minimum absolute atomic E-state index is 0.0933. The Hall–Kier alpha value is -1.71. The van der Waals surface area contributed by atoms with E-state index >= 15 is 0 Å². The van der Waals surface area contributed by atoms with Crippen molar-refractivity contribution in [2.45, 2.75) is 40.2 Å². The van der Waals surface area contributed by atoms with Crippen LogP contribution in [0.4, 0.5) is 0 Å². The van der Waals surface area contributed by atoms with Crippen molar-refractivity contribution in [1.82, 2.24) is 0 Å². The Bertz CT molecular complexity index is 421. The maximum Gasteiger partial charge on any atom is 0.311 e. The highest BCUT2D eigenvalue weighted by molar-refractivity contribution is 5.76. The Morgan fingerprint density at radius 1 is 1.15 bits per heavy atom. The van der Waals surface area contributed by atoms with Gasteiger partial charge < -0.3 is 14.2 Å². The van der Waals surface area contributed by atoms with Gasteiger partial charge >= 0.3 is 5.97 Å². The summed E-state index contributed by atoms with van der Waals surface area (Å²) in [7, 11) is 1.62. The molecule has 1 rings (SSSR count). The van der Waals surface area contributed by atoms with Crippen molar-refractivity contribution in [3.05, 3.63) is 24.3 Å². The van der Waals surface area contributed by atoms with Crippen molar-refractivity contribution in [1.29, 1.82) is 0 Å². The highest BCUT2D eigenvalue weighted by atomic mass is 16.5. The third kappa shape index (κ3) is 5.11. The normalized spacial score (nSPS) is 11.3. The van der Waals surface area contributed by atoms with Crippen LogP contribution in [-0.4, -0.2) is 25.8 Å². The lowest BCUT2D eigenvalue weighted by atomic mass is 9.90. The van der Waals surface area contributed by atoms with E-state index in [1.54, 1.807) is 7.11 Å². The first-order chi connectivity index (χ1) is 9.35. The van der Waals surface area contributed by atoms with Gasteiger partial charge in [0.25, 0.3) is 0 Å². The zero-order valence-electron chi connectivity index (χ0n) is 12.9. The molecular formula is C16H24O4. The van der Waals surface area contributed by atoms with Crippen LogP contribution in [-0.2, 0) is 9.53 Å². The van der Waals surface area contributed by atoms with Gasteiger partial charge in [-0.05, 0) is 58.4 Å². The molecule has 0 amide bonds. The Morgan fingerprint density at radius 2 is 1.70 bits per heavy atom. The number of esters is 1. The summed E-state index contributed by atoms with van der Waals surface area (Å²) in [6.07, 6.45) is 0.509. The first-order valence-corrected chi connectivity index (χ1v) is 6.83. The molecule has 0 heterocycles. The molecule has 20 heavy (non-hydrogen) atoms. The number of rotatable bonds is 7. The van der Waals surface area contributed by atoms with Crippen LogP contribution in [0.5, 0.6) is 11.5 Å². The van der Waals surface area contributed by atoms with E-state index in [9.17, 15) is 4.79 Å². The molecule has 0 saturated carbocycles. The maximum absolute atomic E-state index is 11.9. The fourth-order valence-electron chi connectivity index (χ4n) is 1.57. The van der Waals surface area contributed by atoms with Gasteiger partial charge in [-0.2, -0.15) is 0 Å². The number of carbonyl (C=O) groups is 1. The summed E-state index contributed by atoms with van der Waals surface area (Å²) in [6, 6.07) is 7.37. The third-order valence-electron chi connectivity index (χ3n) is 2.95. The molecule has 0 aromatic heterocycles. The number of benzene rings is 1. The first-order valence-electron chi connectivity index (χ1n) is 6.83. The largest absolute Gasteiger partial charge is 0.497 e. The lowest BCUT2D eigenvalue weighted by Crippen LogP contribution is -2.30. The number of hydrogen-bond acceptors (Lipinski definition) is 4.